The van der Waals surface area contributed by atoms with Gasteiger partial charge in [-0.1, -0.05) is 0 Å². The summed E-state index contributed by atoms with van der Waals surface area (Å²) >= 11 is 0.613. The summed E-state index contributed by atoms with van der Waals surface area (Å²) in [6, 6.07) is 8.96. The Bertz CT molecular complexity index is 1450. The quantitative estimate of drug-likeness (QED) is 0.195. The average Bonchev–Trinajstić information content (AvgIpc) is 2.83. The van der Waals surface area contributed by atoms with Gasteiger partial charge in [-0.15, -0.1) is 0 Å². The van der Waals surface area contributed by atoms with Crippen molar-refractivity contribution in [2.24, 2.45) is 4.99 Å². The van der Waals surface area contributed by atoms with Crippen LogP contribution >= 0.6 is 11.9 Å². The van der Waals surface area contributed by atoms with Crippen molar-refractivity contribution in [2.75, 3.05) is 15.4 Å². The van der Waals surface area contributed by atoms with Gasteiger partial charge in [0.05, 0.1) is 0 Å². The van der Waals surface area contributed by atoms with E-state index in [2.05, 4.69) is 14.4 Å². The summed E-state index contributed by atoms with van der Waals surface area (Å²) in [5.41, 5.74) is 2.16. The van der Waals surface area contributed by atoms with Crippen LogP contribution in [-0.4, -0.2) is 62.0 Å². The number of halogens is 2. The number of hydrogen-bond acceptors (Lipinski definition) is 8. The third-order valence-corrected chi connectivity index (χ3v) is 11.3. The van der Waals surface area contributed by atoms with E-state index in [4.69, 9.17) is 0 Å². The number of anilines is 1. The zero-order chi connectivity index (χ0) is 26.5. The Balaban J connectivity index is 1.52. The Morgan fingerprint density at radius 1 is 1.30 bits per heavy atom. The van der Waals surface area contributed by atoms with Crippen molar-refractivity contribution in [1.29, 1.82) is 0 Å². The Kier molecular flexibility index (Phi) is 7.15. The molecule has 2 aromatic rings. The molecule has 0 aliphatic carbocycles. The summed E-state index contributed by atoms with van der Waals surface area (Å²) in [5.74, 6) is -0.651. The van der Waals surface area contributed by atoms with Crippen LogP contribution in [0.3, 0.4) is 0 Å². The molecule has 9 nitrogen and oxygen atoms in total. The first-order valence-electron chi connectivity index (χ1n) is 11.4. The van der Waals surface area contributed by atoms with Gasteiger partial charge in [-0.25, -0.2) is 0 Å². The van der Waals surface area contributed by atoms with Crippen molar-refractivity contribution in [2.45, 2.75) is 40.9 Å². The number of amidine groups is 1. The van der Waals surface area contributed by atoms with Gasteiger partial charge in [-0.2, -0.15) is 0 Å². The van der Waals surface area contributed by atoms with Crippen molar-refractivity contribution < 1.29 is 49.0 Å². The molecule has 3 aliphatic heterocycles. The van der Waals surface area contributed by atoms with E-state index in [1.54, 1.807) is 42.2 Å². The fraction of sp³-hybridized carbons (Fsp3) is 0.333. The molecule has 13 heteroatoms. The molecule has 4 N–H and O–H groups in total. The molecule has 0 bridgehead atoms. The predicted octanol–water partition coefficient (Wildman–Crippen LogP) is -0.409. The van der Waals surface area contributed by atoms with E-state index < -0.39 is 49.3 Å². The number of alkyl halides is 2. The topological polar surface area (TPSA) is 131 Å². The van der Waals surface area contributed by atoms with Gasteiger partial charge in [0, 0.05) is 0 Å². The number of benzene rings is 2. The molecule has 3 atom stereocenters. The number of aryl methyl sites for hydroxylation is 1. The van der Waals surface area contributed by atoms with Gasteiger partial charge in [0.15, 0.2) is 0 Å². The third kappa shape index (κ3) is 5.31. The molecule has 1 amide bonds. The zero-order valence-corrected chi connectivity index (χ0v) is 23.7. The number of amides is 1. The Morgan fingerprint density at radius 3 is 2.81 bits per heavy atom. The first-order valence-corrected chi connectivity index (χ1v) is 16.9. The first kappa shape index (κ1) is 26.3. The number of rotatable bonds is 5. The molecular formula is C24H25FIN4O5S2-. The van der Waals surface area contributed by atoms with Crippen LogP contribution in [0.2, 0.25) is 0 Å². The van der Waals surface area contributed by atoms with Crippen LogP contribution in [0.25, 0.3) is 0 Å². The number of sulfonamides is 1. The van der Waals surface area contributed by atoms with Crippen LogP contribution in [-0.2, 0) is 21.4 Å². The molecule has 1 unspecified atom stereocenters. The van der Waals surface area contributed by atoms with Crippen molar-refractivity contribution in [3.63, 3.8) is 0 Å². The summed E-state index contributed by atoms with van der Waals surface area (Å²) in [5, 5.41) is 22.1. The van der Waals surface area contributed by atoms with Crippen LogP contribution in [0.1, 0.15) is 17.5 Å². The van der Waals surface area contributed by atoms with Gasteiger partial charge in [-0.05, 0) is 0 Å². The summed E-state index contributed by atoms with van der Waals surface area (Å²) < 4.78 is 42.9. The van der Waals surface area contributed by atoms with E-state index in [9.17, 15) is 27.8 Å². The van der Waals surface area contributed by atoms with Crippen molar-refractivity contribution in [1.82, 2.24) is 9.62 Å². The molecule has 0 saturated carbocycles. The Labute approximate surface area is 228 Å². The van der Waals surface area contributed by atoms with Crippen molar-refractivity contribution in [3.8, 4) is 0 Å². The van der Waals surface area contributed by atoms with E-state index in [0.717, 1.165) is 28.2 Å². The second kappa shape index (κ2) is 10.1. The number of carbonyl (C=O) groups excluding carboxylic acids is 1. The Morgan fingerprint density at radius 2 is 2.08 bits per heavy atom. The predicted molar refractivity (Wildman–Crippen MR) is 135 cm³/mol. The molecular weight excluding hydrogens is 634 g/mol. The fourth-order valence-electron chi connectivity index (χ4n) is 4.60. The number of nitrogens with one attached hydrogen (secondary N) is 2. The van der Waals surface area contributed by atoms with Crippen molar-refractivity contribution in [3.05, 3.63) is 64.7 Å². The average molecular weight is 660 g/mol. The van der Waals surface area contributed by atoms with Gasteiger partial charge < -0.3 is 0 Å². The molecule has 198 valence electrons. The number of aliphatic imine (C=N–C) groups is 1. The second-order valence-electron chi connectivity index (χ2n) is 9.09. The van der Waals surface area contributed by atoms with E-state index in [1.165, 1.54) is 6.07 Å². The molecule has 3 aliphatic rings. The Hall–Kier alpha value is -2.36. The molecule has 1 saturated heterocycles. The molecule has 0 radical (unpaired) electrons. The monoisotopic (exact) mass is 659 g/mol. The van der Waals surface area contributed by atoms with Gasteiger partial charge in [0.2, 0.25) is 0 Å². The number of fused-ring (bicyclic) bond motifs is 2. The number of aliphatic hydroxyl groups is 2. The SMILES string of the molecule is Cc1cc(CN2C(=O)C(C3=Nc4ccc(NS(C)(=O)=O)cc4SN3)=C(O)[C@@H]3[I-]CCC(O)[C@@H]32)ccc1F. The summed E-state index contributed by atoms with van der Waals surface area (Å²) in [4.78, 5) is 20.7. The maximum absolute atomic E-state index is 13.9. The van der Waals surface area contributed by atoms with Crippen LogP contribution in [0, 0.1) is 12.7 Å². The molecule has 1 fully saturated rings. The van der Waals surface area contributed by atoms with Gasteiger partial charge in [0.1, 0.15) is 0 Å². The number of aliphatic hydroxyl groups excluding tert-OH is 2. The molecule has 0 spiro atoms. The normalized spacial score (nSPS) is 23.9. The fourth-order valence-corrected chi connectivity index (χ4v) is 9.70. The second-order valence-corrected chi connectivity index (χ2v) is 15.0. The minimum absolute atomic E-state index is 0.0567. The minimum atomic E-state index is -3.44. The van der Waals surface area contributed by atoms with E-state index in [-0.39, 0.29) is 33.5 Å². The molecule has 0 aromatic heterocycles. The summed E-state index contributed by atoms with van der Waals surface area (Å²) in [6.45, 7) is 1.82. The zero-order valence-electron chi connectivity index (χ0n) is 19.9. The van der Waals surface area contributed by atoms with Gasteiger partial charge in [0.25, 0.3) is 0 Å². The van der Waals surface area contributed by atoms with Crippen LogP contribution < -0.4 is 30.6 Å². The van der Waals surface area contributed by atoms with E-state index >= 15 is 0 Å². The van der Waals surface area contributed by atoms with Crippen LogP contribution in [0.4, 0.5) is 15.8 Å². The van der Waals surface area contributed by atoms with Crippen molar-refractivity contribution >= 4 is 45.1 Å². The molecule has 2 aromatic carbocycles. The number of nitrogens with zero attached hydrogens (tertiary/aromatic N) is 2. The molecule has 3 heterocycles. The summed E-state index contributed by atoms with van der Waals surface area (Å²) in [6.07, 6.45) is 0.856. The molecule has 37 heavy (non-hydrogen) atoms. The van der Waals surface area contributed by atoms with E-state index in [0.29, 0.717) is 28.3 Å². The van der Waals surface area contributed by atoms with Crippen LogP contribution in [0.15, 0.2) is 57.6 Å². The summed E-state index contributed by atoms with van der Waals surface area (Å²) in [7, 11) is -3.44. The molecule has 5 rings (SSSR count). The maximum atomic E-state index is 13.9. The number of carbonyl (C=O) groups is 1. The standard InChI is InChI=1S/C24H25FIN4O5S2/c1-12-9-13(3-5-15(12)25)11-30-21-17(31)7-8-26-20(21)22(32)19(24(30)33)23-27-16-6-4-14(29-37(2,34)35)10-18(16)36-28-23/h3-6,9-10,17,20-21,29,31-32H,7-8,11H2,1-2H3,(H,27,28)/q-1/t17?,20-,21+/m1/s1. The van der Waals surface area contributed by atoms with Gasteiger partial charge in [-0.3, -0.25) is 0 Å². The third-order valence-electron chi connectivity index (χ3n) is 6.29. The van der Waals surface area contributed by atoms with E-state index in [1.807, 2.05) is 0 Å². The van der Waals surface area contributed by atoms with Gasteiger partial charge >= 0.3 is 230 Å². The number of hydrogen-bond donors (Lipinski definition) is 4. The van der Waals surface area contributed by atoms with Crippen LogP contribution in [0.5, 0.6) is 0 Å². The first-order chi connectivity index (χ1) is 17.5.